The number of hydrogen-bond acceptors (Lipinski definition) is 2. The first-order valence-electron chi connectivity index (χ1n) is 11.1. The van der Waals surface area contributed by atoms with Gasteiger partial charge in [0.05, 0.1) is 12.6 Å². The molecular formula is C26H31NO. The third-order valence-corrected chi connectivity index (χ3v) is 7.01. The van der Waals surface area contributed by atoms with Crippen LogP contribution in [0.4, 0.5) is 5.69 Å². The lowest BCUT2D eigenvalue weighted by molar-refractivity contribution is 0.246. The van der Waals surface area contributed by atoms with Gasteiger partial charge in [0.15, 0.2) is 0 Å². The van der Waals surface area contributed by atoms with Crippen LogP contribution in [0.25, 0.3) is 0 Å². The maximum absolute atomic E-state index is 6.18. The minimum absolute atomic E-state index is 0.381. The van der Waals surface area contributed by atoms with E-state index in [0.717, 1.165) is 24.7 Å². The molecule has 1 N–H and O–H groups in total. The maximum atomic E-state index is 6.18. The highest BCUT2D eigenvalue weighted by atomic mass is 16.5. The molecule has 3 aliphatic rings. The first-order chi connectivity index (χ1) is 13.9. The van der Waals surface area contributed by atoms with Crippen molar-refractivity contribution in [2.45, 2.75) is 56.9 Å². The summed E-state index contributed by atoms with van der Waals surface area (Å²) < 4.78 is 6.18. The summed E-state index contributed by atoms with van der Waals surface area (Å²) in [4.78, 5) is 0. The summed E-state index contributed by atoms with van der Waals surface area (Å²) >= 11 is 0. The Labute approximate surface area is 169 Å². The Bertz CT molecular complexity index is 822. The summed E-state index contributed by atoms with van der Waals surface area (Å²) in [5.74, 6) is 2.99. The standard InChI is InChI=1S/C26H31NO/c1-3-8-19(9-4-1)16-17-28-21-14-15-25-24(18-21)22-12-7-13-23(22)26(27-25)20-10-5-2-6-11-20/h2,5-7,10-12,14-15,18-19,22-23,26-27H,1,3-4,8-9,13,16-17H2. The molecule has 2 aliphatic carbocycles. The van der Waals surface area contributed by atoms with E-state index in [1.54, 1.807) is 0 Å². The third-order valence-electron chi connectivity index (χ3n) is 7.01. The summed E-state index contributed by atoms with van der Waals surface area (Å²) in [6, 6.07) is 17.9. The second-order valence-corrected chi connectivity index (χ2v) is 8.78. The number of hydrogen-bond donors (Lipinski definition) is 1. The summed E-state index contributed by atoms with van der Waals surface area (Å²) in [7, 11) is 0. The SMILES string of the molecule is C1=CC2c3cc(OCCC4CCCCC4)ccc3NC(c3ccccc3)C2C1. The van der Waals surface area contributed by atoms with Crippen molar-refractivity contribution < 1.29 is 4.74 Å². The molecule has 0 aromatic heterocycles. The van der Waals surface area contributed by atoms with Crippen molar-refractivity contribution in [2.75, 3.05) is 11.9 Å². The van der Waals surface area contributed by atoms with E-state index in [0.29, 0.717) is 17.9 Å². The van der Waals surface area contributed by atoms with Crippen LogP contribution in [0.1, 0.15) is 68.0 Å². The Morgan fingerprint density at radius 1 is 0.964 bits per heavy atom. The van der Waals surface area contributed by atoms with Crippen LogP contribution in [-0.4, -0.2) is 6.61 Å². The van der Waals surface area contributed by atoms with E-state index in [-0.39, 0.29) is 0 Å². The van der Waals surface area contributed by atoms with Crippen molar-refractivity contribution in [1.82, 2.24) is 0 Å². The normalized spacial score (nSPS) is 26.4. The van der Waals surface area contributed by atoms with E-state index in [4.69, 9.17) is 4.74 Å². The van der Waals surface area contributed by atoms with Gasteiger partial charge in [-0.3, -0.25) is 0 Å². The highest BCUT2D eigenvalue weighted by molar-refractivity contribution is 5.61. The molecule has 1 aliphatic heterocycles. The van der Waals surface area contributed by atoms with Crippen molar-refractivity contribution in [3.8, 4) is 5.75 Å². The van der Waals surface area contributed by atoms with Gasteiger partial charge < -0.3 is 10.1 Å². The highest BCUT2D eigenvalue weighted by Gasteiger charge is 2.37. The molecule has 3 unspecified atom stereocenters. The molecule has 1 fully saturated rings. The number of fused-ring (bicyclic) bond motifs is 3. The molecule has 2 heteroatoms. The Hall–Kier alpha value is -2.22. The summed E-state index contributed by atoms with van der Waals surface area (Å²) in [6.45, 7) is 0.855. The second-order valence-electron chi connectivity index (χ2n) is 8.78. The summed E-state index contributed by atoms with van der Waals surface area (Å²) in [5, 5.41) is 3.82. The Morgan fingerprint density at radius 3 is 2.68 bits per heavy atom. The topological polar surface area (TPSA) is 21.3 Å². The zero-order valence-electron chi connectivity index (χ0n) is 16.6. The molecule has 5 rings (SSSR count). The zero-order chi connectivity index (χ0) is 18.8. The van der Waals surface area contributed by atoms with Gasteiger partial charge >= 0.3 is 0 Å². The minimum atomic E-state index is 0.381. The number of anilines is 1. The number of nitrogens with one attached hydrogen (secondary N) is 1. The average Bonchev–Trinajstić information content (AvgIpc) is 3.25. The second kappa shape index (κ2) is 8.03. The summed E-state index contributed by atoms with van der Waals surface area (Å²) in [5.41, 5.74) is 4.06. The molecular weight excluding hydrogens is 342 g/mol. The lowest BCUT2D eigenvalue weighted by atomic mass is 9.77. The molecule has 0 saturated heterocycles. The molecule has 3 atom stereocenters. The van der Waals surface area contributed by atoms with Crippen LogP contribution in [-0.2, 0) is 0 Å². The van der Waals surface area contributed by atoms with E-state index in [9.17, 15) is 0 Å². The smallest absolute Gasteiger partial charge is 0.119 e. The van der Waals surface area contributed by atoms with Gasteiger partial charge in [-0.1, -0.05) is 74.6 Å². The lowest BCUT2D eigenvalue weighted by Gasteiger charge is -2.37. The number of rotatable bonds is 5. The van der Waals surface area contributed by atoms with Crippen molar-refractivity contribution in [1.29, 1.82) is 0 Å². The summed E-state index contributed by atoms with van der Waals surface area (Å²) in [6.07, 6.45) is 14.2. The molecule has 28 heavy (non-hydrogen) atoms. The van der Waals surface area contributed by atoms with Crippen LogP contribution >= 0.6 is 0 Å². The average molecular weight is 374 g/mol. The van der Waals surface area contributed by atoms with E-state index >= 15 is 0 Å². The molecule has 0 amide bonds. The number of benzene rings is 2. The predicted molar refractivity (Wildman–Crippen MR) is 116 cm³/mol. The first-order valence-corrected chi connectivity index (χ1v) is 11.1. The van der Waals surface area contributed by atoms with Crippen LogP contribution in [0.2, 0.25) is 0 Å². The number of ether oxygens (including phenoxy) is 1. The third kappa shape index (κ3) is 3.57. The molecule has 1 heterocycles. The zero-order valence-corrected chi connectivity index (χ0v) is 16.6. The van der Waals surface area contributed by atoms with Gasteiger partial charge in [-0.05, 0) is 54.0 Å². The monoisotopic (exact) mass is 373 g/mol. The fourth-order valence-corrected chi connectivity index (χ4v) is 5.47. The van der Waals surface area contributed by atoms with Crippen LogP contribution in [0.3, 0.4) is 0 Å². The Balaban J connectivity index is 1.31. The number of allylic oxidation sites excluding steroid dienone is 2. The Kier molecular flexibility index (Phi) is 5.12. The van der Waals surface area contributed by atoms with Crippen LogP contribution in [0, 0.1) is 11.8 Å². The fourth-order valence-electron chi connectivity index (χ4n) is 5.47. The van der Waals surface area contributed by atoms with Crippen LogP contribution in [0.15, 0.2) is 60.7 Å². The highest BCUT2D eigenvalue weighted by Crippen LogP contribution is 2.50. The van der Waals surface area contributed by atoms with Crippen molar-refractivity contribution in [3.63, 3.8) is 0 Å². The van der Waals surface area contributed by atoms with Crippen LogP contribution < -0.4 is 10.1 Å². The van der Waals surface area contributed by atoms with Crippen LogP contribution in [0.5, 0.6) is 5.75 Å². The molecule has 146 valence electrons. The van der Waals surface area contributed by atoms with E-state index < -0.39 is 0 Å². The van der Waals surface area contributed by atoms with E-state index in [2.05, 4.69) is 66.0 Å². The van der Waals surface area contributed by atoms with Gasteiger partial charge in [-0.15, -0.1) is 0 Å². The van der Waals surface area contributed by atoms with Crippen molar-refractivity contribution >= 4 is 5.69 Å². The molecule has 0 radical (unpaired) electrons. The molecule has 0 bridgehead atoms. The quantitative estimate of drug-likeness (QED) is 0.578. The van der Waals surface area contributed by atoms with Crippen molar-refractivity contribution in [3.05, 3.63) is 71.8 Å². The van der Waals surface area contributed by atoms with Gasteiger partial charge in [0.25, 0.3) is 0 Å². The maximum Gasteiger partial charge on any atom is 0.119 e. The first kappa shape index (κ1) is 17.8. The fraction of sp³-hybridized carbons (Fsp3) is 0.462. The molecule has 2 aromatic carbocycles. The predicted octanol–water partition coefficient (Wildman–Crippen LogP) is 6.86. The van der Waals surface area contributed by atoms with E-state index in [1.807, 2.05) is 0 Å². The van der Waals surface area contributed by atoms with Gasteiger partial charge in [-0.2, -0.15) is 0 Å². The largest absolute Gasteiger partial charge is 0.494 e. The van der Waals surface area contributed by atoms with Crippen molar-refractivity contribution in [2.24, 2.45) is 11.8 Å². The Morgan fingerprint density at radius 2 is 1.82 bits per heavy atom. The van der Waals surface area contributed by atoms with Gasteiger partial charge in [-0.25, -0.2) is 0 Å². The van der Waals surface area contributed by atoms with Gasteiger partial charge in [0.2, 0.25) is 0 Å². The molecule has 2 aromatic rings. The van der Waals surface area contributed by atoms with E-state index in [1.165, 1.54) is 55.3 Å². The van der Waals surface area contributed by atoms with Gasteiger partial charge in [0.1, 0.15) is 5.75 Å². The minimum Gasteiger partial charge on any atom is -0.494 e. The van der Waals surface area contributed by atoms with Gasteiger partial charge in [0, 0.05) is 11.6 Å². The molecule has 0 spiro atoms. The molecule has 2 nitrogen and oxygen atoms in total. The molecule has 1 saturated carbocycles. The lowest BCUT2D eigenvalue weighted by Crippen LogP contribution is -2.29.